The molecule has 1 N–H and O–H groups in total. The molecular formula is C9H10ClN5O. The molecule has 0 aliphatic carbocycles. The number of fused-ring (bicyclic) bond motifs is 1. The van der Waals surface area contributed by atoms with Gasteiger partial charge >= 0.3 is 0 Å². The minimum atomic E-state index is -0.112. The summed E-state index contributed by atoms with van der Waals surface area (Å²) in [6.07, 6.45) is 2.91. The van der Waals surface area contributed by atoms with Crippen molar-refractivity contribution >= 4 is 28.8 Å². The van der Waals surface area contributed by atoms with E-state index in [2.05, 4.69) is 20.5 Å². The zero-order valence-electron chi connectivity index (χ0n) is 8.81. The van der Waals surface area contributed by atoms with Crippen molar-refractivity contribution in [3.63, 3.8) is 0 Å². The van der Waals surface area contributed by atoms with Crippen molar-refractivity contribution in [3.05, 3.63) is 17.8 Å². The summed E-state index contributed by atoms with van der Waals surface area (Å²) in [7, 11) is 0. The van der Waals surface area contributed by atoms with Gasteiger partial charge in [-0.15, -0.1) is 10.2 Å². The SMILES string of the molecule is CC(C)C(=O)Nc1cnc(Cl)n2cnnc12. The van der Waals surface area contributed by atoms with E-state index in [1.165, 1.54) is 16.9 Å². The molecule has 6 nitrogen and oxygen atoms in total. The Morgan fingerprint density at radius 1 is 1.56 bits per heavy atom. The molecule has 0 spiro atoms. The molecule has 2 heterocycles. The predicted octanol–water partition coefficient (Wildman–Crippen LogP) is 1.37. The number of hydrogen-bond acceptors (Lipinski definition) is 4. The van der Waals surface area contributed by atoms with E-state index >= 15 is 0 Å². The number of carbonyl (C=O) groups excluding carboxylic acids is 1. The summed E-state index contributed by atoms with van der Waals surface area (Å²) >= 11 is 5.83. The Morgan fingerprint density at radius 2 is 2.31 bits per heavy atom. The zero-order chi connectivity index (χ0) is 11.7. The smallest absolute Gasteiger partial charge is 0.227 e. The molecular weight excluding hydrogens is 230 g/mol. The third-order valence-electron chi connectivity index (χ3n) is 2.07. The molecule has 2 rings (SSSR count). The van der Waals surface area contributed by atoms with Gasteiger partial charge in [-0.1, -0.05) is 13.8 Å². The van der Waals surface area contributed by atoms with Crippen molar-refractivity contribution in [1.29, 1.82) is 0 Å². The largest absolute Gasteiger partial charge is 0.321 e. The van der Waals surface area contributed by atoms with Crippen LogP contribution in [0.5, 0.6) is 0 Å². The molecule has 7 heteroatoms. The highest BCUT2D eigenvalue weighted by molar-refractivity contribution is 6.28. The number of halogens is 1. The summed E-state index contributed by atoms with van der Waals surface area (Å²) < 4.78 is 1.50. The fourth-order valence-electron chi connectivity index (χ4n) is 1.16. The first-order valence-corrected chi connectivity index (χ1v) is 5.12. The Labute approximate surface area is 96.7 Å². The lowest BCUT2D eigenvalue weighted by atomic mass is 10.2. The van der Waals surface area contributed by atoms with Crippen LogP contribution < -0.4 is 5.32 Å². The zero-order valence-corrected chi connectivity index (χ0v) is 9.56. The Bertz CT molecular complexity index is 536. The number of rotatable bonds is 2. The van der Waals surface area contributed by atoms with E-state index in [-0.39, 0.29) is 17.1 Å². The molecule has 0 aliphatic rings. The summed E-state index contributed by atoms with van der Waals surface area (Å²) in [4.78, 5) is 15.5. The first kappa shape index (κ1) is 10.8. The Morgan fingerprint density at radius 3 is 3.00 bits per heavy atom. The summed E-state index contributed by atoms with van der Waals surface area (Å²) in [6, 6.07) is 0. The molecule has 0 atom stereocenters. The van der Waals surface area contributed by atoms with Gasteiger partial charge < -0.3 is 5.32 Å². The van der Waals surface area contributed by atoms with Gasteiger partial charge in [-0.05, 0) is 11.6 Å². The molecule has 16 heavy (non-hydrogen) atoms. The van der Waals surface area contributed by atoms with E-state index in [4.69, 9.17) is 11.6 Å². The lowest BCUT2D eigenvalue weighted by Crippen LogP contribution is -2.18. The van der Waals surface area contributed by atoms with E-state index in [1.807, 2.05) is 0 Å². The molecule has 84 valence electrons. The lowest BCUT2D eigenvalue weighted by Gasteiger charge is -2.08. The highest BCUT2D eigenvalue weighted by Gasteiger charge is 2.12. The number of hydrogen-bond donors (Lipinski definition) is 1. The highest BCUT2D eigenvalue weighted by atomic mass is 35.5. The van der Waals surface area contributed by atoms with Crippen molar-refractivity contribution in [2.24, 2.45) is 5.92 Å². The average Bonchev–Trinajstić information content (AvgIpc) is 2.71. The molecule has 0 radical (unpaired) electrons. The van der Waals surface area contributed by atoms with Crippen LogP contribution in [-0.2, 0) is 4.79 Å². The van der Waals surface area contributed by atoms with Crippen molar-refractivity contribution in [1.82, 2.24) is 19.6 Å². The van der Waals surface area contributed by atoms with Crippen LogP contribution in [0.2, 0.25) is 5.28 Å². The first-order valence-electron chi connectivity index (χ1n) is 4.74. The van der Waals surface area contributed by atoms with Crippen LogP contribution in [0.25, 0.3) is 5.65 Å². The van der Waals surface area contributed by atoms with Crippen LogP contribution in [0.1, 0.15) is 13.8 Å². The van der Waals surface area contributed by atoms with Gasteiger partial charge in [0, 0.05) is 5.92 Å². The van der Waals surface area contributed by atoms with Crippen molar-refractivity contribution in [2.75, 3.05) is 5.32 Å². The van der Waals surface area contributed by atoms with Crippen LogP contribution in [0.4, 0.5) is 5.69 Å². The number of aromatic nitrogens is 4. The van der Waals surface area contributed by atoms with Gasteiger partial charge in [0.2, 0.25) is 11.2 Å². The molecule has 0 saturated carbocycles. The van der Waals surface area contributed by atoms with Crippen LogP contribution in [0, 0.1) is 5.92 Å². The van der Waals surface area contributed by atoms with Crippen molar-refractivity contribution in [2.45, 2.75) is 13.8 Å². The maximum atomic E-state index is 11.5. The van der Waals surface area contributed by atoms with Gasteiger partial charge in [-0.25, -0.2) is 4.98 Å². The highest BCUT2D eigenvalue weighted by Crippen LogP contribution is 2.17. The van der Waals surface area contributed by atoms with Crippen molar-refractivity contribution < 1.29 is 4.79 Å². The van der Waals surface area contributed by atoms with Crippen LogP contribution in [0.15, 0.2) is 12.5 Å². The summed E-state index contributed by atoms with van der Waals surface area (Å²) in [5.41, 5.74) is 0.981. The Balaban J connectivity index is 2.42. The molecule has 1 amide bonds. The maximum Gasteiger partial charge on any atom is 0.227 e. The van der Waals surface area contributed by atoms with Gasteiger partial charge in [0.1, 0.15) is 12.0 Å². The Kier molecular flexibility index (Phi) is 2.74. The molecule has 0 saturated heterocycles. The number of carbonyl (C=O) groups is 1. The fraction of sp³-hybridized carbons (Fsp3) is 0.333. The predicted molar refractivity (Wildman–Crippen MR) is 59.3 cm³/mol. The van der Waals surface area contributed by atoms with E-state index in [1.54, 1.807) is 13.8 Å². The molecule has 0 unspecified atom stereocenters. The van der Waals surface area contributed by atoms with E-state index in [0.717, 1.165) is 0 Å². The molecule has 2 aromatic heterocycles. The van der Waals surface area contributed by atoms with Crippen LogP contribution >= 0.6 is 11.6 Å². The Hall–Kier alpha value is -1.69. The molecule has 0 fully saturated rings. The molecule has 0 aromatic carbocycles. The van der Waals surface area contributed by atoms with Crippen LogP contribution in [-0.4, -0.2) is 25.5 Å². The monoisotopic (exact) mass is 239 g/mol. The molecule has 0 bridgehead atoms. The third kappa shape index (κ3) is 1.83. The van der Waals surface area contributed by atoms with Gasteiger partial charge in [0.15, 0.2) is 5.65 Å². The molecule has 0 aliphatic heterocycles. The number of nitrogens with one attached hydrogen (secondary N) is 1. The molecule has 2 aromatic rings. The van der Waals surface area contributed by atoms with E-state index in [9.17, 15) is 4.79 Å². The van der Waals surface area contributed by atoms with Gasteiger partial charge in [0.05, 0.1) is 6.20 Å². The second-order valence-corrected chi connectivity index (χ2v) is 3.95. The van der Waals surface area contributed by atoms with E-state index < -0.39 is 0 Å². The lowest BCUT2D eigenvalue weighted by molar-refractivity contribution is -0.118. The van der Waals surface area contributed by atoms with Crippen LogP contribution in [0.3, 0.4) is 0 Å². The minimum Gasteiger partial charge on any atom is -0.321 e. The summed E-state index contributed by atoms with van der Waals surface area (Å²) in [5, 5.41) is 10.5. The third-order valence-corrected chi connectivity index (χ3v) is 2.35. The topological polar surface area (TPSA) is 72.2 Å². The quantitative estimate of drug-likeness (QED) is 0.804. The van der Waals surface area contributed by atoms with Gasteiger partial charge in [-0.3, -0.25) is 9.20 Å². The standard InChI is InChI=1S/C9H10ClN5O/c1-5(2)8(16)13-6-3-11-9(10)15-4-12-14-7(6)15/h3-5H,1-2H3,(H,13,16). The van der Waals surface area contributed by atoms with Gasteiger partial charge in [-0.2, -0.15) is 0 Å². The first-order chi connectivity index (χ1) is 7.59. The van der Waals surface area contributed by atoms with Crippen molar-refractivity contribution in [3.8, 4) is 0 Å². The fourth-order valence-corrected chi connectivity index (χ4v) is 1.33. The minimum absolute atomic E-state index is 0.103. The summed E-state index contributed by atoms with van der Waals surface area (Å²) in [5.74, 6) is -0.215. The maximum absolute atomic E-state index is 11.5. The average molecular weight is 240 g/mol. The number of anilines is 1. The second-order valence-electron chi connectivity index (χ2n) is 3.61. The second kappa shape index (κ2) is 4.05. The van der Waals surface area contributed by atoms with E-state index in [0.29, 0.717) is 11.3 Å². The summed E-state index contributed by atoms with van der Waals surface area (Å²) in [6.45, 7) is 3.61. The normalized spacial score (nSPS) is 11.0. The number of nitrogens with zero attached hydrogens (tertiary/aromatic N) is 4. The van der Waals surface area contributed by atoms with Gasteiger partial charge in [0.25, 0.3) is 0 Å². The number of amides is 1.